The molecule has 1 amide bonds. The zero-order chi connectivity index (χ0) is 11.8. The summed E-state index contributed by atoms with van der Waals surface area (Å²) in [6.07, 6.45) is 0.786. The summed E-state index contributed by atoms with van der Waals surface area (Å²) in [6, 6.07) is -0.592. The molecule has 0 saturated heterocycles. The summed E-state index contributed by atoms with van der Waals surface area (Å²) < 4.78 is 4.88. The Morgan fingerprint density at radius 2 is 2.00 bits per heavy atom. The van der Waals surface area contributed by atoms with Crippen molar-refractivity contribution in [2.45, 2.75) is 33.2 Å². The van der Waals surface area contributed by atoms with Gasteiger partial charge in [0.1, 0.15) is 6.04 Å². The molecule has 0 fully saturated rings. The molecule has 0 radical (unpaired) electrons. The fraction of sp³-hybridized carbons (Fsp3) is 0.800. The molecule has 0 rings (SSSR count). The normalized spacial score (nSPS) is 14.1. The van der Waals surface area contributed by atoms with E-state index in [1.54, 1.807) is 6.92 Å². The van der Waals surface area contributed by atoms with Crippen LogP contribution >= 0.6 is 0 Å². The molecule has 0 aromatic carbocycles. The van der Waals surface area contributed by atoms with E-state index in [-0.39, 0.29) is 18.4 Å². The molecule has 5 nitrogen and oxygen atoms in total. The number of hydrogen-bond donors (Lipinski definition) is 2. The maximum Gasteiger partial charge on any atom is 0.328 e. The van der Waals surface area contributed by atoms with Gasteiger partial charge in [0.2, 0.25) is 5.91 Å². The standard InChI is InChI=1S/C10H20N2O3/c1-4-7(3)9(10(14)15-5-2)12-8(13)6-11/h7,9H,4-6,11H2,1-3H3,(H,12,13)/t7-,9-/m0/s1. The molecule has 88 valence electrons. The lowest BCUT2D eigenvalue weighted by Crippen LogP contribution is -2.47. The average molecular weight is 216 g/mol. The highest BCUT2D eigenvalue weighted by atomic mass is 16.5. The van der Waals surface area contributed by atoms with E-state index in [0.29, 0.717) is 6.61 Å². The monoisotopic (exact) mass is 216 g/mol. The Hall–Kier alpha value is -1.10. The van der Waals surface area contributed by atoms with Crippen LogP contribution in [0.5, 0.6) is 0 Å². The van der Waals surface area contributed by atoms with Gasteiger partial charge in [-0.25, -0.2) is 4.79 Å². The Balaban J connectivity index is 4.43. The molecule has 0 aromatic rings. The van der Waals surface area contributed by atoms with Crippen LogP contribution in [0, 0.1) is 5.92 Å². The largest absolute Gasteiger partial charge is 0.464 e. The van der Waals surface area contributed by atoms with Crippen molar-refractivity contribution in [1.82, 2.24) is 5.32 Å². The number of nitrogens with two attached hydrogens (primary N) is 1. The molecule has 0 unspecified atom stereocenters. The first-order valence-corrected chi connectivity index (χ1v) is 5.22. The molecular weight excluding hydrogens is 196 g/mol. The highest BCUT2D eigenvalue weighted by molar-refractivity contribution is 5.85. The van der Waals surface area contributed by atoms with E-state index in [0.717, 1.165) is 6.42 Å². The Morgan fingerprint density at radius 1 is 1.40 bits per heavy atom. The summed E-state index contributed by atoms with van der Waals surface area (Å²) >= 11 is 0. The van der Waals surface area contributed by atoms with Gasteiger partial charge < -0.3 is 15.8 Å². The first kappa shape index (κ1) is 13.9. The summed E-state index contributed by atoms with van der Waals surface area (Å²) in [6.45, 7) is 5.76. The number of rotatable bonds is 6. The number of ether oxygens (including phenoxy) is 1. The number of nitrogens with one attached hydrogen (secondary N) is 1. The topological polar surface area (TPSA) is 81.4 Å². The Morgan fingerprint density at radius 3 is 2.40 bits per heavy atom. The number of esters is 1. The van der Waals surface area contributed by atoms with Gasteiger partial charge in [-0.05, 0) is 12.8 Å². The van der Waals surface area contributed by atoms with E-state index in [2.05, 4.69) is 5.32 Å². The van der Waals surface area contributed by atoms with Gasteiger partial charge in [0.05, 0.1) is 13.2 Å². The average Bonchev–Trinajstić information content (AvgIpc) is 2.24. The van der Waals surface area contributed by atoms with Crippen LogP contribution in [0.1, 0.15) is 27.2 Å². The third-order valence-electron chi connectivity index (χ3n) is 2.26. The molecule has 0 heterocycles. The molecule has 0 aliphatic rings. The van der Waals surface area contributed by atoms with E-state index in [1.165, 1.54) is 0 Å². The van der Waals surface area contributed by atoms with Crippen molar-refractivity contribution in [1.29, 1.82) is 0 Å². The molecule has 0 saturated carbocycles. The van der Waals surface area contributed by atoms with Crippen molar-refractivity contribution in [3.63, 3.8) is 0 Å². The van der Waals surface area contributed by atoms with Crippen LogP contribution in [-0.2, 0) is 14.3 Å². The van der Waals surface area contributed by atoms with Crippen molar-refractivity contribution in [2.24, 2.45) is 11.7 Å². The Bertz CT molecular complexity index is 219. The van der Waals surface area contributed by atoms with Gasteiger partial charge in [-0.2, -0.15) is 0 Å². The van der Waals surface area contributed by atoms with Crippen LogP contribution in [0.3, 0.4) is 0 Å². The van der Waals surface area contributed by atoms with Crippen LogP contribution < -0.4 is 11.1 Å². The molecule has 0 aliphatic heterocycles. The lowest BCUT2D eigenvalue weighted by Gasteiger charge is -2.22. The van der Waals surface area contributed by atoms with Crippen LogP contribution in [-0.4, -0.2) is 31.1 Å². The smallest absolute Gasteiger partial charge is 0.328 e. The van der Waals surface area contributed by atoms with Gasteiger partial charge in [-0.3, -0.25) is 4.79 Å². The molecule has 0 aromatic heterocycles. The molecule has 3 N–H and O–H groups in total. The van der Waals surface area contributed by atoms with Crippen molar-refractivity contribution in [3.8, 4) is 0 Å². The van der Waals surface area contributed by atoms with Gasteiger partial charge in [0, 0.05) is 0 Å². The maximum atomic E-state index is 11.5. The predicted octanol–water partition coefficient (Wildman–Crippen LogP) is 0.0391. The molecule has 0 aliphatic carbocycles. The van der Waals surface area contributed by atoms with Gasteiger partial charge in [0.25, 0.3) is 0 Å². The van der Waals surface area contributed by atoms with Crippen LogP contribution in [0.15, 0.2) is 0 Å². The van der Waals surface area contributed by atoms with E-state index in [9.17, 15) is 9.59 Å². The Labute approximate surface area is 90.4 Å². The van der Waals surface area contributed by atoms with Gasteiger partial charge >= 0.3 is 5.97 Å². The fourth-order valence-electron chi connectivity index (χ4n) is 1.13. The minimum Gasteiger partial charge on any atom is -0.464 e. The van der Waals surface area contributed by atoms with Crippen molar-refractivity contribution in [2.75, 3.05) is 13.2 Å². The summed E-state index contributed by atoms with van der Waals surface area (Å²) in [5.41, 5.74) is 5.17. The second kappa shape index (κ2) is 7.23. The second-order valence-electron chi connectivity index (χ2n) is 3.39. The molecule has 0 spiro atoms. The third kappa shape index (κ3) is 4.78. The molecule has 0 bridgehead atoms. The van der Waals surface area contributed by atoms with Crippen molar-refractivity contribution in [3.05, 3.63) is 0 Å². The quantitative estimate of drug-likeness (QED) is 0.614. The summed E-state index contributed by atoms with van der Waals surface area (Å²) in [5, 5.41) is 2.56. The number of carbonyl (C=O) groups is 2. The summed E-state index contributed by atoms with van der Waals surface area (Å²) in [5.74, 6) is -0.693. The highest BCUT2D eigenvalue weighted by Gasteiger charge is 2.26. The zero-order valence-electron chi connectivity index (χ0n) is 9.58. The SMILES string of the molecule is CCOC(=O)[C@@H](NC(=O)CN)[C@@H](C)CC. The van der Waals surface area contributed by atoms with Gasteiger partial charge in [0.15, 0.2) is 0 Å². The van der Waals surface area contributed by atoms with Crippen molar-refractivity contribution >= 4 is 11.9 Å². The second-order valence-corrected chi connectivity index (χ2v) is 3.39. The summed E-state index contributed by atoms with van der Waals surface area (Å²) in [4.78, 5) is 22.6. The fourth-order valence-corrected chi connectivity index (χ4v) is 1.13. The van der Waals surface area contributed by atoms with E-state index >= 15 is 0 Å². The molecule has 15 heavy (non-hydrogen) atoms. The molecule has 2 atom stereocenters. The van der Waals surface area contributed by atoms with Crippen LogP contribution in [0.2, 0.25) is 0 Å². The number of carbonyl (C=O) groups excluding carboxylic acids is 2. The lowest BCUT2D eigenvalue weighted by atomic mass is 9.99. The van der Waals surface area contributed by atoms with Crippen LogP contribution in [0.25, 0.3) is 0 Å². The lowest BCUT2D eigenvalue weighted by molar-refractivity contribution is -0.148. The van der Waals surface area contributed by atoms with Gasteiger partial charge in [-0.15, -0.1) is 0 Å². The number of amides is 1. The maximum absolute atomic E-state index is 11.5. The minimum atomic E-state index is -0.592. The minimum absolute atomic E-state index is 0.0412. The molecular formula is C10H20N2O3. The summed E-state index contributed by atoms with van der Waals surface area (Å²) in [7, 11) is 0. The predicted molar refractivity (Wildman–Crippen MR) is 57.1 cm³/mol. The highest BCUT2D eigenvalue weighted by Crippen LogP contribution is 2.09. The number of hydrogen-bond acceptors (Lipinski definition) is 4. The van der Waals surface area contributed by atoms with Gasteiger partial charge in [-0.1, -0.05) is 20.3 Å². The first-order valence-electron chi connectivity index (χ1n) is 5.22. The zero-order valence-corrected chi connectivity index (χ0v) is 9.58. The van der Waals surface area contributed by atoms with E-state index < -0.39 is 12.0 Å². The van der Waals surface area contributed by atoms with Crippen molar-refractivity contribution < 1.29 is 14.3 Å². The molecule has 5 heteroatoms. The van der Waals surface area contributed by atoms with Crippen LogP contribution in [0.4, 0.5) is 0 Å². The van der Waals surface area contributed by atoms with E-state index in [4.69, 9.17) is 10.5 Å². The third-order valence-corrected chi connectivity index (χ3v) is 2.26. The van der Waals surface area contributed by atoms with E-state index in [1.807, 2.05) is 13.8 Å². The Kier molecular flexibility index (Phi) is 6.70. The first-order chi connectivity index (χ1) is 7.06.